The standard InChI is InChI=1S/C17H25N3O2.ClH/c18-15-8-6-14(7-9-15)13-16(21)19-10-4-12-20-11-3-1-2-5-17(20)22;/h6-9H,1-5,10-13,18H2,(H,19,21);1H. The molecule has 0 spiro atoms. The van der Waals surface area contributed by atoms with Crippen LogP contribution < -0.4 is 11.1 Å². The molecule has 2 rings (SSSR count). The largest absolute Gasteiger partial charge is 0.399 e. The van der Waals surface area contributed by atoms with Gasteiger partial charge >= 0.3 is 0 Å². The maximum absolute atomic E-state index is 11.8. The Morgan fingerprint density at radius 3 is 2.65 bits per heavy atom. The molecular formula is C17H26ClN3O2. The molecule has 1 fully saturated rings. The lowest BCUT2D eigenvalue weighted by molar-refractivity contribution is -0.130. The highest BCUT2D eigenvalue weighted by Crippen LogP contribution is 2.11. The third-order valence-corrected chi connectivity index (χ3v) is 3.94. The first kappa shape index (κ1) is 19.3. The highest BCUT2D eigenvalue weighted by molar-refractivity contribution is 5.85. The van der Waals surface area contributed by atoms with E-state index in [4.69, 9.17) is 5.73 Å². The summed E-state index contributed by atoms with van der Waals surface area (Å²) in [5, 5.41) is 2.91. The molecule has 2 amide bonds. The Labute approximate surface area is 144 Å². The van der Waals surface area contributed by atoms with E-state index in [1.54, 1.807) is 12.1 Å². The number of rotatable bonds is 6. The molecule has 5 nitrogen and oxygen atoms in total. The van der Waals surface area contributed by atoms with E-state index in [2.05, 4.69) is 5.32 Å². The second-order valence-corrected chi connectivity index (χ2v) is 5.81. The highest BCUT2D eigenvalue weighted by atomic mass is 35.5. The summed E-state index contributed by atoms with van der Waals surface area (Å²) in [5.41, 5.74) is 7.27. The fourth-order valence-corrected chi connectivity index (χ4v) is 2.66. The van der Waals surface area contributed by atoms with Crippen LogP contribution >= 0.6 is 12.4 Å². The number of carbonyl (C=O) groups is 2. The second kappa shape index (κ2) is 10.1. The van der Waals surface area contributed by atoms with E-state index >= 15 is 0 Å². The minimum Gasteiger partial charge on any atom is -0.399 e. The predicted molar refractivity (Wildman–Crippen MR) is 94.5 cm³/mol. The van der Waals surface area contributed by atoms with Crippen molar-refractivity contribution in [3.63, 3.8) is 0 Å². The van der Waals surface area contributed by atoms with Crippen LogP contribution in [0.25, 0.3) is 0 Å². The van der Waals surface area contributed by atoms with Crippen LogP contribution in [0.5, 0.6) is 0 Å². The fourth-order valence-electron chi connectivity index (χ4n) is 2.66. The topological polar surface area (TPSA) is 75.4 Å². The first-order valence-corrected chi connectivity index (χ1v) is 8.04. The van der Waals surface area contributed by atoms with E-state index in [-0.39, 0.29) is 24.2 Å². The third-order valence-electron chi connectivity index (χ3n) is 3.94. The van der Waals surface area contributed by atoms with E-state index in [9.17, 15) is 9.59 Å². The summed E-state index contributed by atoms with van der Waals surface area (Å²) in [6.07, 6.45) is 5.08. The zero-order chi connectivity index (χ0) is 15.8. The number of likely N-dealkylation sites (tertiary alicyclic amines) is 1. The van der Waals surface area contributed by atoms with Crippen molar-refractivity contribution in [2.75, 3.05) is 25.4 Å². The van der Waals surface area contributed by atoms with Crippen molar-refractivity contribution in [3.05, 3.63) is 29.8 Å². The van der Waals surface area contributed by atoms with Gasteiger partial charge in [-0.3, -0.25) is 9.59 Å². The van der Waals surface area contributed by atoms with Crippen molar-refractivity contribution >= 4 is 29.9 Å². The number of benzene rings is 1. The molecule has 0 aliphatic carbocycles. The Bertz CT molecular complexity index is 505. The summed E-state index contributed by atoms with van der Waals surface area (Å²) in [6, 6.07) is 7.33. The molecule has 1 aromatic carbocycles. The minimum absolute atomic E-state index is 0. The normalized spacial score (nSPS) is 14.8. The molecule has 23 heavy (non-hydrogen) atoms. The van der Waals surface area contributed by atoms with Crippen molar-refractivity contribution < 1.29 is 9.59 Å². The van der Waals surface area contributed by atoms with E-state index in [0.717, 1.165) is 44.3 Å². The molecule has 0 atom stereocenters. The van der Waals surface area contributed by atoms with Gasteiger partial charge in [0, 0.05) is 31.7 Å². The van der Waals surface area contributed by atoms with E-state index in [0.29, 0.717) is 25.1 Å². The smallest absolute Gasteiger partial charge is 0.224 e. The van der Waals surface area contributed by atoms with Gasteiger partial charge in [0.05, 0.1) is 6.42 Å². The highest BCUT2D eigenvalue weighted by Gasteiger charge is 2.15. The second-order valence-electron chi connectivity index (χ2n) is 5.81. The lowest BCUT2D eigenvalue weighted by Crippen LogP contribution is -2.34. The van der Waals surface area contributed by atoms with Gasteiger partial charge in [0.25, 0.3) is 0 Å². The lowest BCUT2D eigenvalue weighted by atomic mass is 10.1. The molecule has 128 valence electrons. The molecule has 1 aromatic rings. The quantitative estimate of drug-likeness (QED) is 0.616. The average molecular weight is 340 g/mol. The number of nitrogens with two attached hydrogens (primary N) is 1. The monoisotopic (exact) mass is 339 g/mol. The van der Waals surface area contributed by atoms with Gasteiger partial charge in [0.15, 0.2) is 0 Å². The number of halogens is 1. The molecule has 6 heteroatoms. The van der Waals surface area contributed by atoms with Crippen molar-refractivity contribution in [3.8, 4) is 0 Å². The van der Waals surface area contributed by atoms with Gasteiger partial charge in [-0.2, -0.15) is 0 Å². The van der Waals surface area contributed by atoms with Crippen LogP contribution in [-0.4, -0.2) is 36.3 Å². The van der Waals surface area contributed by atoms with Crippen LogP contribution in [0, 0.1) is 0 Å². The molecule has 0 bridgehead atoms. The van der Waals surface area contributed by atoms with E-state index in [1.807, 2.05) is 17.0 Å². The van der Waals surface area contributed by atoms with Crippen LogP contribution in [0.2, 0.25) is 0 Å². The van der Waals surface area contributed by atoms with Crippen molar-refractivity contribution in [1.29, 1.82) is 0 Å². The Kier molecular flexibility index (Phi) is 8.48. The molecule has 3 N–H and O–H groups in total. The third kappa shape index (κ3) is 6.91. The van der Waals surface area contributed by atoms with Gasteiger partial charge < -0.3 is 16.0 Å². The summed E-state index contributed by atoms with van der Waals surface area (Å²) in [7, 11) is 0. The number of amides is 2. The maximum atomic E-state index is 11.8. The number of anilines is 1. The zero-order valence-corrected chi connectivity index (χ0v) is 14.2. The molecule has 1 aliphatic rings. The van der Waals surface area contributed by atoms with Crippen LogP contribution in [0.15, 0.2) is 24.3 Å². The van der Waals surface area contributed by atoms with Crippen LogP contribution in [-0.2, 0) is 16.0 Å². The van der Waals surface area contributed by atoms with Crippen molar-refractivity contribution in [1.82, 2.24) is 10.2 Å². The number of carbonyl (C=O) groups excluding carboxylic acids is 2. The minimum atomic E-state index is 0. The summed E-state index contributed by atoms with van der Waals surface area (Å²) >= 11 is 0. The Morgan fingerprint density at radius 2 is 1.91 bits per heavy atom. The number of nitrogens with zero attached hydrogens (tertiary/aromatic N) is 1. The number of hydrogen-bond donors (Lipinski definition) is 2. The molecule has 0 unspecified atom stereocenters. The van der Waals surface area contributed by atoms with E-state index in [1.165, 1.54) is 0 Å². The molecule has 1 heterocycles. The predicted octanol–water partition coefficient (Wildman–Crippen LogP) is 2.14. The van der Waals surface area contributed by atoms with Gasteiger partial charge in [-0.25, -0.2) is 0 Å². The zero-order valence-electron chi connectivity index (χ0n) is 13.4. The first-order chi connectivity index (χ1) is 10.6. The molecule has 1 saturated heterocycles. The van der Waals surface area contributed by atoms with Crippen LogP contribution in [0.4, 0.5) is 5.69 Å². The maximum Gasteiger partial charge on any atom is 0.224 e. The van der Waals surface area contributed by atoms with Gasteiger partial charge in [0.1, 0.15) is 0 Å². The molecule has 0 radical (unpaired) electrons. The molecule has 0 aromatic heterocycles. The van der Waals surface area contributed by atoms with Crippen molar-refractivity contribution in [2.24, 2.45) is 0 Å². The van der Waals surface area contributed by atoms with Crippen LogP contribution in [0.3, 0.4) is 0 Å². The summed E-state index contributed by atoms with van der Waals surface area (Å²) in [5.74, 6) is 0.262. The van der Waals surface area contributed by atoms with Crippen molar-refractivity contribution in [2.45, 2.75) is 38.5 Å². The Hall–Kier alpha value is -1.75. The van der Waals surface area contributed by atoms with Gasteiger partial charge in [-0.05, 0) is 37.0 Å². The SMILES string of the molecule is Cl.Nc1ccc(CC(=O)NCCCN2CCCCCC2=O)cc1. The molecule has 1 aliphatic heterocycles. The van der Waals surface area contributed by atoms with Gasteiger partial charge in [-0.1, -0.05) is 18.6 Å². The fraction of sp³-hybridized carbons (Fsp3) is 0.529. The molecular weight excluding hydrogens is 314 g/mol. The Morgan fingerprint density at radius 1 is 1.17 bits per heavy atom. The lowest BCUT2D eigenvalue weighted by Gasteiger charge is -2.20. The molecule has 0 saturated carbocycles. The average Bonchev–Trinajstić information content (AvgIpc) is 2.71. The van der Waals surface area contributed by atoms with E-state index < -0.39 is 0 Å². The Balaban J connectivity index is 0.00000264. The first-order valence-electron chi connectivity index (χ1n) is 8.04. The van der Waals surface area contributed by atoms with Gasteiger partial charge in [0.2, 0.25) is 11.8 Å². The summed E-state index contributed by atoms with van der Waals surface area (Å²) in [4.78, 5) is 25.6. The number of hydrogen-bond acceptors (Lipinski definition) is 3. The number of nitrogens with one attached hydrogen (secondary N) is 1. The summed E-state index contributed by atoms with van der Waals surface area (Å²) in [6.45, 7) is 2.21. The summed E-state index contributed by atoms with van der Waals surface area (Å²) < 4.78 is 0. The van der Waals surface area contributed by atoms with Crippen LogP contribution in [0.1, 0.15) is 37.7 Å². The number of nitrogen functional groups attached to an aromatic ring is 1. The van der Waals surface area contributed by atoms with Gasteiger partial charge in [-0.15, -0.1) is 12.4 Å².